The lowest BCUT2D eigenvalue weighted by Gasteiger charge is -2.20. The van der Waals surface area contributed by atoms with Gasteiger partial charge in [-0.25, -0.2) is 0 Å². The summed E-state index contributed by atoms with van der Waals surface area (Å²) >= 11 is 0. The van der Waals surface area contributed by atoms with Crippen LogP contribution in [0.5, 0.6) is 0 Å². The van der Waals surface area contributed by atoms with Crippen molar-refractivity contribution in [2.24, 2.45) is 16.8 Å². The standard InChI is InChI=1S/C10H15N5O2/c1-6(2)8(9(11)15-17)14-10(16)7-3-4-12-13-5-7/h3-6,8,17H,1-2H3,(H2,11,15)(H,14,16). The Labute approximate surface area is 98.7 Å². The van der Waals surface area contributed by atoms with Crippen molar-refractivity contribution in [3.8, 4) is 0 Å². The lowest BCUT2D eigenvalue weighted by Crippen LogP contribution is -2.47. The molecular weight excluding hydrogens is 222 g/mol. The van der Waals surface area contributed by atoms with Gasteiger partial charge in [0.2, 0.25) is 0 Å². The minimum absolute atomic E-state index is 0.00430. The van der Waals surface area contributed by atoms with Gasteiger partial charge in [0.25, 0.3) is 5.91 Å². The monoisotopic (exact) mass is 237 g/mol. The van der Waals surface area contributed by atoms with Gasteiger partial charge in [0, 0.05) is 0 Å². The summed E-state index contributed by atoms with van der Waals surface area (Å²) in [6.07, 6.45) is 2.77. The molecule has 0 saturated heterocycles. The zero-order valence-corrected chi connectivity index (χ0v) is 9.66. The van der Waals surface area contributed by atoms with E-state index in [1.54, 1.807) is 0 Å². The van der Waals surface area contributed by atoms with Crippen LogP contribution in [-0.4, -0.2) is 33.2 Å². The SMILES string of the molecule is CC(C)C(NC(=O)c1ccnnc1)/C(N)=N/O. The third-order valence-electron chi connectivity index (χ3n) is 2.23. The number of nitrogens with one attached hydrogen (secondary N) is 1. The van der Waals surface area contributed by atoms with Crippen molar-refractivity contribution in [2.75, 3.05) is 0 Å². The first-order chi connectivity index (χ1) is 8.06. The maximum Gasteiger partial charge on any atom is 0.253 e. The highest BCUT2D eigenvalue weighted by atomic mass is 16.4. The third-order valence-corrected chi connectivity index (χ3v) is 2.23. The molecule has 0 spiro atoms. The molecule has 7 heteroatoms. The van der Waals surface area contributed by atoms with Crippen molar-refractivity contribution < 1.29 is 10.0 Å². The van der Waals surface area contributed by atoms with Crippen molar-refractivity contribution >= 4 is 11.7 Å². The average Bonchev–Trinajstić information content (AvgIpc) is 2.35. The Kier molecular flexibility index (Phi) is 4.38. The van der Waals surface area contributed by atoms with Crippen LogP contribution < -0.4 is 11.1 Å². The predicted octanol–water partition coefficient (Wildman–Crippen LogP) is -0.0226. The second-order valence-corrected chi connectivity index (χ2v) is 3.85. The molecule has 0 aliphatic heterocycles. The fraction of sp³-hybridized carbons (Fsp3) is 0.400. The molecule has 1 amide bonds. The molecule has 0 aliphatic rings. The molecule has 0 bridgehead atoms. The lowest BCUT2D eigenvalue weighted by atomic mass is 10.0. The van der Waals surface area contributed by atoms with E-state index in [1.165, 1.54) is 18.5 Å². The Balaban J connectivity index is 2.79. The Morgan fingerprint density at radius 1 is 1.53 bits per heavy atom. The summed E-state index contributed by atoms with van der Waals surface area (Å²) in [6.45, 7) is 3.71. The summed E-state index contributed by atoms with van der Waals surface area (Å²) in [7, 11) is 0. The van der Waals surface area contributed by atoms with Crippen LogP contribution in [0, 0.1) is 5.92 Å². The smallest absolute Gasteiger partial charge is 0.253 e. The maximum absolute atomic E-state index is 11.8. The summed E-state index contributed by atoms with van der Waals surface area (Å²) in [5.74, 6) is -0.370. The molecule has 0 fully saturated rings. The number of nitrogens with zero attached hydrogens (tertiary/aromatic N) is 3. The summed E-state index contributed by atoms with van der Waals surface area (Å²) in [5, 5.41) is 21.4. The first-order valence-corrected chi connectivity index (χ1v) is 5.11. The van der Waals surface area contributed by atoms with E-state index in [2.05, 4.69) is 20.7 Å². The van der Waals surface area contributed by atoms with Crippen LogP contribution in [0.25, 0.3) is 0 Å². The maximum atomic E-state index is 11.8. The van der Waals surface area contributed by atoms with E-state index in [0.717, 1.165) is 0 Å². The van der Waals surface area contributed by atoms with Crippen LogP contribution >= 0.6 is 0 Å². The van der Waals surface area contributed by atoms with Gasteiger partial charge < -0.3 is 16.3 Å². The van der Waals surface area contributed by atoms with E-state index >= 15 is 0 Å². The minimum Gasteiger partial charge on any atom is -0.409 e. The van der Waals surface area contributed by atoms with E-state index in [4.69, 9.17) is 10.9 Å². The van der Waals surface area contributed by atoms with Gasteiger partial charge in [-0.1, -0.05) is 19.0 Å². The van der Waals surface area contributed by atoms with Crippen LogP contribution in [0.15, 0.2) is 23.6 Å². The molecular formula is C10H15N5O2. The zero-order valence-electron chi connectivity index (χ0n) is 9.66. The zero-order chi connectivity index (χ0) is 12.8. The summed E-state index contributed by atoms with van der Waals surface area (Å²) in [5.41, 5.74) is 5.87. The molecule has 0 radical (unpaired) electrons. The Hall–Kier alpha value is -2.18. The van der Waals surface area contributed by atoms with Gasteiger partial charge in [-0.2, -0.15) is 10.2 Å². The largest absolute Gasteiger partial charge is 0.409 e. The molecule has 1 atom stereocenters. The molecule has 1 aromatic rings. The fourth-order valence-corrected chi connectivity index (χ4v) is 1.29. The van der Waals surface area contributed by atoms with E-state index in [1.807, 2.05) is 13.8 Å². The highest BCUT2D eigenvalue weighted by molar-refractivity contribution is 5.98. The predicted molar refractivity (Wildman–Crippen MR) is 61.5 cm³/mol. The van der Waals surface area contributed by atoms with Crippen molar-refractivity contribution in [3.05, 3.63) is 24.0 Å². The topological polar surface area (TPSA) is 113 Å². The van der Waals surface area contributed by atoms with Gasteiger partial charge in [0.05, 0.1) is 24.0 Å². The molecule has 92 valence electrons. The molecule has 1 heterocycles. The number of aromatic nitrogens is 2. The number of hydrogen-bond donors (Lipinski definition) is 3. The van der Waals surface area contributed by atoms with Crippen LogP contribution in [-0.2, 0) is 0 Å². The average molecular weight is 237 g/mol. The number of hydrogen-bond acceptors (Lipinski definition) is 5. The molecule has 0 aliphatic carbocycles. The van der Waals surface area contributed by atoms with Crippen molar-refractivity contribution in [3.63, 3.8) is 0 Å². The molecule has 7 nitrogen and oxygen atoms in total. The van der Waals surface area contributed by atoms with Gasteiger partial charge in [0.15, 0.2) is 5.84 Å². The highest BCUT2D eigenvalue weighted by Gasteiger charge is 2.21. The number of rotatable bonds is 4. The number of amidine groups is 1. The molecule has 1 rings (SSSR count). The van der Waals surface area contributed by atoms with Crippen molar-refractivity contribution in [1.29, 1.82) is 0 Å². The third kappa shape index (κ3) is 3.40. The van der Waals surface area contributed by atoms with Crippen LogP contribution in [0.1, 0.15) is 24.2 Å². The Morgan fingerprint density at radius 3 is 2.71 bits per heavy atom. The second kappa shape index (κ2) is 5.78. The van der Waals surface area contributed by atoms with Crippen LogP contribution in [0.3, 0.4) is 0 Å². The summed E-state index contributed by atoms with van der Waals surface area (Å²) in [6, 6.07) is 1.01. The van der Waals surface area contributed by atoms with Gasteiger partial charge in [-0.15, -0.1) is 0 Å². The Morgan fingerprint density at radius 2 is 2.24 bits per heavy atom. The first-order valence-electron chi connectivity index (χ1n) is 5.11. The summed E-state index contributed by atoms with van der Waals surface area (Å²) in [4.78, 5) is 11.8. The number of carbonyl (C=O) groups is 1. The molecule has 1 unspecified atom stereocenters. The van der Waals surface area contributed by atoms with E-state index in [-0.39, 0.29) is 17.7 Å². The second-order valence-electron chi connectivity index (χ2n) is 3.85. The normalized spacial score (nSPS) is 13.5. The number of oxime groups is 1. The summed E-state index contributed by atoms with van der Waals surface area (Å²) < 4.78 is 0. The van der Waals surface area contributed by atoms with Gasteiger partial charge >= 0.3 is 0 Å². The molecule has 0 saturated carbocycles. The van der Waals surface area contributed by atoms with Crippen LogP contribution in [0.4, 0.5) is 0 Å². The van der Waals surface area contributed by atoms with Gasteiger partial charge in [0.1, 0.15) is 0 Å². The molecule has 4 N–H and O–H groups in total. The number of amides is 1. The van der Waals surface area contributed by atoms with Crippen LogP contribution in [0.2, 0.25) is 0 Å². The number of nitrogens with two attached hydrogens (primary N) is 1. The first kappa shape index (κ1) is 12.9. The van der Waals surface area contributed by atoms with Crippen molar-refractivity contribution in [1.82, 2.24) is 15.5 Å². The minimum atomic E-state index is -0.527. The fourth-order valence-electron chi connectivity index (χ4n) is 1.29. The van der Waals surface area contributed by atoms with Gasteiger partial charge in [-0.05, 0) is 12.0 Å². The van der Waals surface area contributed by atoms with E-state index in [9.17, 15) is 4.79 Å². The van der Waals surface area contributed by atoms with Gasteiger partial charge in [-0.3, -0.25) is 4.79 Å². The quantitative estimate of drug-likeness (QED) is 0.295. The number of carbonyl (C=O) groups excluding carboxylic acids is 1. The molecule has 1 aromatic heterocycles. The molecule has 0 aromatic carbocycles. The lowest BCUT2D eigenvalue weighted by molar-refractivity contribution is 0.0938. The Bertz CT molecular complexity index is 404. The van der Waals surface area contributed by atoms with E-state index in [0.29, 0.717) is 5.56 Å². The van der Waals surface area contributed by atoms with Crippen molar-refractivity contribution in [2.45, 2.75) is 19.9 Å². The molecule has 17 heavy (non-hydrogen) atoms. The van der Waals surface area contributed by atoms with E-state index < -0.39 is 6.04 Å². The highest BCUT2D eigenvalue weighted by Crippen LogP contribution is 2.04.